The van der Waals surface area contributed by atoms with Gasteiger partial charge in [-0.15, -0.1) is 0 Å². The van der Waals surface area contributed by atoms with Crippen LogP contribution in [0, 0.1) is 0 Å². The molecule has 0 saturated carbocycles. The van der Waals surface area contributed by atoms with Crippen LogP contribution in [-0.4, -0.2) is 9.13 Å². The van der Waals surface area contributed by atoms with Crippen molar-refractivity contribution in [3.8, 4) is 33.6 Å². The molecular weight excluding hydrogens is 436 g/mol. The number of aromatic nitrogens is 2. The van der Waals surface area contributed by atoms with E-state index >= 15 is 0 Å². The SMILES string of the molecule is c1ccc2c(c1)ccn2-c1ccc(-c2ccc(-c3ccc(-n4ccc5ccccc54)cc3)cc2)cc1. The molecular formula is C34H24N2. The molecule has 170 valence electrons. The number of para-hydroxylation sites is 2. The van der Waals surface area contributed by atoms with Crippen LogP contribution in [0.5, 0.6) is 0 Å². The van der Waals surface area contributed by atoms with Gasteiger partial charge in [-0.05, 0) is 81.6 Å². The maximum absolute atomic E-state index is 2.24. The van der Waals surface area contributed by atoms with Crippen LogP contribution >= 0.6 is 0 Å². The molecule has 0 unspecified atom stereocenters. The normalized spacial score (nSPS) is 11.3. The fourth-order valence-electron chi connectivity index (χ4n) is 5.10. The Bertz CT molecular complexity index is 1660. The van der Waals surface area contributed by atoms with E-state index in [-0.39, 0.29) is 0 Å². The minimum atomic E-state index is 1.17. The Morgan fingerprint density at radius 1 is 0.306 bits per heavy atom. The largest absolute Gasteiger partial charge is 0.317 e. The zero-order chi connectivity index (χ0) is 23.9. The summed E-state index contributed by atoms with van der Waals surface area (Å²) in [7, 11) is 0. The molecule has 0 aliphatic rings. The standard InChI is InChI=1S/C34H24N2/c1-3-7-33-29(5-1)21-23-35(33)31-17-13-27(14-18-31)25-9-11-26(12-10-25)28-15-19-32(20-16-28)36-24-22-30-6-2-4-8-34(30)36/h1-24H. The average Bonchev–Trinajstić information content (AvgIpc) is 3.58. The molecule has 0 saturated heterocycles. The predicted octanol–water partition coefficient (Wildman–Crippen LogP) is 8.91. The van der Waals surface area contributed by atoms with Crippen molar-refractivity contribution < 1.29 is 0 Å². The van der Waals surface area contributed by atoms with E-state index in [9.17, 15) is 0 Å². The monoisotopic (exact) mass is 460 g/mol. The van der Waals surface area contributed by atoms with Crippen molar-refractivity contribution in [2.24, 2.45) is 0 Å². The van der Waals surface area contributed by atoms with Gasteiger partial charge in [0.2, 0.25) is 0 Å². The molecule has 0 atom stereocenters. The van der Waals surface area contributed by atoms with Crippen LogP contribution in [-0.2, 0) is 0 Å². The quantitative estimate of drug-likeness (QED) is 0.248. The fourth-order valence-corrected chi connectivity index (χ4v) is 5.10. The van der Waals surface area contributed by atoms with E-state index in [1.165, 1.54) is 55.4 Å². The van der Waals surface area contributed by atoms with Crippen molar-refractivity contribution in [3.05, 3.63) is 146 Å². The lowest BCUT2D eigenvalue weighted by Gasteiger charge is -2.09. The number of hydrogen-bond acceptors (Lipinski definition) is 0. The van der Waals surface area contributed by atoms with Crippen molar-refractivity contribution in [2.45, 2.75) is 0 Å². The maximum atomic E-state index is 2.24. The Hall–Kier alpha value is -4.82. The summed E-state index contributed by atoms with van der Waals surface area (Å²) < 4.78 is 4.48. The lowest BCUT2D eigenvalue weighted by atomic mass is 10.00. The lowest BCUT2D eigenvalue weighted by Crippen LogP contribution is -1.92. The van der Waals surface area contributed by atoms with Gasteiger partial charge in [0.15, 0.2) is 0 Å². The van der Waals surface area contributed by atoms with Gasteiger partial charge in [-0.2, -0.15) is 0 Å². The fraction of sp³-hybridized carbons (Fsp3) is 0. The van der Waals surface area contributed by atoms with Crippen LogP contribution < -0.4 is 0 Å². The molecule has 0 radical (unpaired) electrons. The zero-order valence-electron chi connectivity index (χ0n) is 19.8. The Morgan fingerprint density at radius 2 is 0.639 bits per heavy atom. The lowest BCUT2D eigenvalue weighted by molar-refractivity contribution is 1.13. The van der Waals surface area contributed by atoms with E-state index in [2.05, 4.69) is 155 Å². The molecule has 36 heavy (non-hydrogen) atoms. The summed E-state index contributed by atoms with van der Waals surface area (Å²) in [6.45, 7) is 0. The minimum Gasteiger partial charge on any atom is -0.317 e. The Labute approximate surface area is 210 Å². The van der Waals surface area contributed by atoms with Crippen LogP contribution in [0.3, 0.4) is 0 Å². The first-order valence-corrected chi connectivity index (χ1v) is 12.3. The van der Waals surface area contributed by atoms with E-state index in [4.69, 9.17) is 0 Å². The topological polar surface area (TPSA) is 9.86 Å². The molecule has 2 nitrogen and oxygen atoms in total. The molecule has 2 heteroatoms. The molecule has 5 aromatic carbocycles. The summed E-state index contributed by atoms with van der Waals surface area (Å²) in [5, 5.41) is 2.51. The van der Waals surface area contributed by atoms with Crippen molar-refractivity contribution in [2.75, 3.05) is 0 Å². The third kappa shape index (κ3) is 3.52. The molecule has 7 rings (SSSR count). The molecule has 0 amide bonds. The third-order valence-corrected chi connectivity index (χ3v) is 7.04. The second-order valence-corrected chi connectivity index (χ2v) is 9.16. The first kappa shape index (κ1) is 20.5. The smallest absolute Gasteiger partial charge is 0.0528 e. The summed E-state index contributed by atoms with van der Waals surface area (Å²) in [4.78, 5) is 0. The molecule has 0 N–H and O–H groups in total. The second kappa shape index (κ2) is 8.44. The molecule has 0 aliphatic heterocycles. The van der Waals surface area contributed by atoms with Crippen LogP contribution in [0.2, 0.25) is 0 Å². The van der Waals surface area contributed by atoms with Gasteiger partial charge in [-0.25, -0.2) is 0 Å². The summed E-state index contributed by atoms with van der Waals surface area (Å²) >= 11 is 0. The van der Waals surface area contributed by atoms with Gasteiger partial charge in [0.05, 0.1) is 11.0 Å². The van der Waals surface area contributed by atoms with Gasteiger partial charge >= 0.3 is 0 Å². The molecule has 0 spiro atoms. The predicted molar refractivity (Wildman–Crippen MR) is 151 cm³/mol. The number of nitrogens with zero attached hydrogens (tertiary/aromatic N) is 2. The van der Waals surface area contributed by atoms with Gasteiger partial charge in [0.1, 0.15) is 0 Å². The van der Waals surface area contributed by atoms with Crippen molar-refractivity contribution in [3.63, 3.8) is 0 Å². The van der Waals surface area contributed by atoms with E-state index < -0.39 is 0 Å². The van der Waals surface area contributed by atoms with E-state index in [0.717, 1.165) is 0 Å². The van der Waals surface area contributed by atoms with E-state index in [1.54, 1.807) is 0 Å². The van der Waals surface area contributed by atoms with E-state index in [0.29, 0.717) is 0 Å². The number of benzene rings is 5. The third-order valence-electron chi connectivity index (χ3n) is 7.04. The number of rotatable bonds is 4. The second-order valence-electron chi connectivity index (χ2n) is 9.16. The van der Waals surface area contributed by atoms with Crippen molar-refractivity contribution >= 4 is 21.8 Å². The molecule has 0 aliphatic carbocycles. The average molecular weight is 461 g/mol. The first-order valence-electron chi connectivity index (χ1n) is 12.3. The summed E-state index contributed by atoms with van der Waals surface area (Å²) in [6, 6.07) is 47.7. The number of fused-ring (bicyclic) bond motifs is 2. The molecule has 2 aromatic heterocycles. The van der Waals surface area contributed by atoms with Gasteiger partial charge in [0, 0.05) is 23.8 Å². The maximum Gasteiger partial charge on any atom is 0.0528 e. The van der Waals surface area contributed by atoms with Crippen LogP contribution in [0.4, 0.5) is 0 Å². The van der Waals surface area contributed by atoms with Crippen LogP contribution in [0.15, 0.2) is 146 Å². The summed E-state index contributed by atoms with van der Waals surface area (Å²) in [6.07, 6.45) is 4.27. The van der Waals surface area contributed by atoms with Crippen molar-refractivity contribution in [1.82, 2.24) is 9.13 Å². The Morgan fingerprint density at radius 3 is 1.03 bits per heavy atom. The summed E-state index contributed by atoms with van der Waals surface area (Å²) in [5.74, 6) is 0. The molecule has 7 aromatic rings. The minimum absolute atomic E-state index is 1.17. The van der Waals surface area contributed by atoms with Gasteiger partial charge in [-0.3, -0.25) is 0 Å². The van der Waals surface area contributed by atoms with Crippen LogP contribution in [0.1, 0.15) is 0 Å². The zero-order valence-corrected chi connectivity index (χ0v) is 19.8. The molecule has 0 fully saturated rings. The Balaban J connectivity index is 1.13. The Kier molecular flexibility index (Phi) is 4.82. The van der Waals surface area contributed by atoms with Gasteiger partial charge in [-0.1, -0.05) is 84.9 Å². The molecule has 0 bridgehead atoms. The molecule has 2 heterocycles. The summed E-state index contributed by atoms with van der Waals surface area (Å²) in [5.41, 5.74) is 9.68. The first-order chi connectivity index (χ1) is 17.8. The van der Waals surface area contributed by atoms with Crippen LogP contribution in [0.25, 0.3) is 55.4 Å². The van der Waals surface area contributed by atoms with E-state index in [1.807, 2.05) is 0 Å². The highest BCUT2D eigenvalue weighted by Gasteiger charge is 2.06. The van der Waals surface area contributed by atoms with Gasteiger partial charge in [0.25, 0.3) is 0 Å². The highest BCUT2D eigenvalue weighted by molar-refractivity contribution is 5.83. The number of hydrogen-bond donors (Lipinski definition) is 0. The highest BCUT2D eigenvalue weighted by Crippen LogP contribution is 2.28. The van der Waals surface area contributed by atoms with Crippen molar-refractivity contribution in [1.29, 1.82) is 0 Å². The highest BCUT2D eigenvalue weighted by atomic mass is 15.0. The van der Waals surface area contributed by atoms with Gasteiger partial charge < -0.3 is 9.13 Å².